The number of hydrogen-bond donors (Lipinski definition) is 3. The highest BCUT2D eigenvalue weighted by Crippen LogP contribution is 2.29. The van der Waals surface area contributed by atoms with E-state index in [1.54, 1.807) is 0 Å². The van der Waals surface area contributed by atoms with Gasteiger partial charge in [0.05, 0.1) is 0 Å². The third-order valence-corrected chi connectivity index (χ3v) is 4.91. The molecule has 1 atom stereocenters. The van der Waals surface area contributed by atoms with E-state index in [0.29, 0.717) is 6.42 Å². The van der Waals surface area contributed by atoms with Crippen LogP contribution in [0, 0.1) is 13.8 Å². The van der Waals surface area contributed by atoms with Gasteiger partial charge in [-0.2, -0.15) is 0 Å². The Morgan fingerprint density at radius 3 is 2.39 bits per heavy atom. The molecular formula is C20H22Cl3N3OS. The number of aryl methyl sites for hydroxylation is 3. The van der Waals surface area contributed by atoms with Crippen molar-refractivity contribution in [2.75, 3.05) is 5.32 Å². The Morgan fingerprint density at radius 2 is 1.75 bits per heavy atom. The van der Waals surface area contributed by atoms with E-state index in [0.717, 1.165) is 22.4 Å². The second-order valence-corrected chi connectivity index (χ2v) is 9.22. The molecule has 8 heteroatoms. The van der Waals surface area contributed by atoms with Gasteiger partial charge in [-0.15, -0.1) is 0 Å². The van der Waals surface area contributed by atoms with Crippen LogP contribution >= 0.6 is 47.0 Å². The van der Waals surface area contributed by atoms with Crippen LogP contribution in [0.2, 0.25) is 0 Å². The van der Waals surface area contributed by atoms with E-state index in [4.69, 9.17) is 47.0 Å². The van der Waals surface area contributed by atoms with Gasteiger partial charge in [-0.05, 0) is 55.2 Å². The number of nitrogens with one attached hydrogen (secondary N) is 3. The molecule has 2 aromatic rings. The van der Waals surface area contributed by atoms with Gasteiger partial charge in [-0.25, -0.2) is 0 Å². The maximum atomic E-state index is 12.3. The number of hydrogen-bond acceptors (Lipinski definition) is 2. The molecule has 0 radical (unpaired) electrons. The summed E-state index contributed by atoms with van der Waals surface area (Å²) in [6.07, 6.45) is -0.129. The van der Waals surface area contributed by atoms with Crippen molar-refractivity contribution in [3.8, 4) is 0 Å². The zero-order valence-electron chi connectivity index (χ0n) is 15.6. The van der Waals surface area contributed by atoms with Crippen molar-refractivity contribution in [1.82, 2.24) is 10.6 Å². The van der Waals surface area contributed by atoms with Crippen LogP contribution in [0.15, 0.2) is 48.5 Å². The minimum Gasteiger partial charge on any atom is -0.339 e. The van der Waals surface area contributed by atoms with Gasteiger partial charge in [0.25, 0.3) is 0 Å². The standard InChI is InChI=1S/C20H22Cl3N3OS/c1-13-8-9-14(2)16(12-13)24-19(28)26-18(20(21,22)23)25-17(27)11-10-15-6-4-3-5-7-15/h3-9,12,18H,10-11H2,1-2H3,(H,25,27)(H2,24,26,28). The van der Waals surface area contributed by atoms with Crippen LogP contribution in [0.5, 0.6) is 0 Å². The number of rotatable bonds is 6. The number of alkyl halides is 3. The van der Waals surface area contributed by atoms with E-state index < -0.39 is 9.96 Å². The summed E-state index contributed by atoms with van der Waals surface area (Å²) in [7, 11) is 0. The third kappa shape index (κ3) is 7.47. The lowest BCUT2D eigenvalue weighted by molar-refractivity contribution is -0.121. The molecule has 0 heterocycles. The summed E-state index contributed by atoms with van der Waals surface area (Å²) in [6, 6.07) is 15.7. The Bertz CT molecular complexity index is 825. The molecule has 4 nitrogen and oxygen atoms in total. The summed E-state index contributed by atoms with van der Waals surface area (Å²) in [5.74, 6) is -0.248. The van der Waals surface area contributed by atoms with Crippen LogP contribution in [0.25, 0.3) is 0 Å². The third-order valence-electron chi connectivity index (χ3n) is 4.03. The van der Waals surface area contributed by atoms with E-state index in [2.05, 4.69) is 16.0 Å². The molecule has 2 aromatic carbocycles. The SMILES string of the molecule is Cc1ccc(C)c(NC(=S)NC(NC(=O)CCc2ccccc2)C(Cl)(Cl)Cl)c1. The quantitative estimate of drug-likeness (QED) is 0.323. The van der Waals surface area contributed by atoms with E-state index in [-0.39, 0.29) is 17.4 Å². The lowest BCUT2D eigenvalue weighted by atomic mass is 10.1. The molecule has 2 rings (SSSR count). The molecule has 0 spiro atoms. The minimum absolute atomic E-state index is 0.244. The molecular weight excluding hydrogens is 437 g/mol. The number of carbonyl (C=O) groups is 1. The molecule has 3 N–H and O–H groups in total. The molecule has 0 saturated heterocycles. The van der Waals surface area contributed by atoms with Gasteiger partial charge in [0.1, 0.15) is 6.17 Å². The molecule has 1 unspecified atom stereocenters. The van der Waals surface area contributed by atoms with Crippen molar-refractivity contribution in [3.63, 3.8) is 0 Å². The summed E-state index contributed by atoms with van der Waals surface area (Å²) in [6.45, 7) is 3.94. The lowest BCUT2D eigenvalue weighted by Gasteiger charge is -2.28. The summed E-state index contributed by atoms with van der Waals surface area (Å²) >= 11 is 23.4. The van der Waals surface area contributed by atoms with Crippen LogP contribution in [0.1, 0.15) is 23.1 Å². The number of benzene rings is 2. The highest BCUT2D eigenvalue weighted by molar-refractivity contribution is 7.80. The van der Waals surface area contributed by atoms with Crippen molar-refractivity contribution >= 4 is 63.7 Å². The predicted molar refractivity (Wildman–Crippen MR) is 122 cm³/mol. The van der Waals surface area contributed by atoms with Gasteiger partial charge >= 0.3 is 0 Å². The van der Waals surface area contributed by atoms with Crippen molar-refractivity contribution in [2.24, 2.45) is 0 Å². The molecule has 28 heavy (non-hydrogen) atoms. The largest absolute Gasteiger partial charge is 0.339 e. The van der Waals surface area contributed by atoms with Gasteiger partial charge in [0.2, 0.25) is 9.70 Å². The normalized spacial score (nSPS) is 12.2. The zero-order valence-corrected chi connectivity index (χ0v) is 18.6. The molecule has 0 aliphatic rings. The Kier molecular flexibility index (Phi) is 8.38. The van der Waals surface area contributed by atoms with Gasteiger partial charge in [0, 0.05) is 12.1 Å². The minimum atomic E-state index is -1.78. The van der Waals surface area contributed by atoms with Crippen LogP contribution in [0.4, 0.5) is 5.69 Å². The average Bonchev–Trinajstić information content (AvgIpc) is 2.62. The highest BCUT2D eigenvalue weighted by atomic mass is 35.6. The first-order valence-electron chi connectivity index (χ1n) is 8.70. The molecule has 150 valence electrons. The number of carbonyl (C=O) groups excluding carboxylic acids is 1. The predicted octanol–water partition coefficient (Wildman–Crippen LogP) is 5.04. The van der Waals surface area contributed by atoms with Crippen LogP contribution in [0.3, 0.4) is 0 Å². The van der Waals surface area contributed by atoms with E-state index in [1.807, 2.05) is 62.4 Å². The topological polar surface area (TPSA) is 53.2 Å². The first kappa shape index (κ1) is 22.8. The van der Waals surface area contributed by atoms with Gasteiger partial charge in [-0.1, -0.05) is 77.3 Å². The van der Waals surface area contributed by atoms with Crippen LogP contribution < -0.4 is 16.0 Å². The molecule has 0 aliphatic heterocycles. The molecule has 0 aromatic heterocycles. The van der Waals surface area contributed by atoms with Gasteiger partial charge < -0.3 is 16.0 Å². The van der Waals surface area contributed by atoms with Crippen molar-refractivity contribution in [1.29, 1.82) is 0 Å². The Morgan fingerprint density at radius 1 is 1.07 bits per heavy atom. The number of amides is 1. The monoisotopic (exact) mass is 457 g/mol. The van der Waals surface area contributed by atoms with Gasteiger partial charge in [-0.3, -0.25) is 4.79 Å². The smallest absolute Gasteiger partial charge is 0.228 e. The van der Waals surface area contributed by atoms with Crippen molar-refractivity contribution < 1.29 is 4.79 Å². The van der Waals surface area contributed by atoms with Crippen molar-refractivity contribution in [2.45, 2.75) is 36.6 Å². The van der Waals surface area contributed by atoms with Crippen molar-refractivity contribution in [3.05, 3.63) is 65.2 Å². The molecule has 1 amide bonds. The Hall–Kier alpha value is -1.53. The van der Waals surface area contributed by atoms with Gasteiger partial charge in [0.15, 0.2) is 5.11 Å². The fourth-order valence-electron chi connectivity index (χ4n) is 2.50. The average molecular weight is 459 g/mol. The molecule has 0 saturated carbocycles. The maximum absolute atomic E-state index is 12.3. The molecule has 0 bridgehead atoms. The first-order valence-corrected chi connectivity index (χ1v) is 10.2. The fraction of sp³-hybridized carbons (Fsp3) is 0.300. The Labute approximate surface area is 185 Å². The number of anilines is 1. The Balaban J connectivity index is 1.96. The summed E-state index contributed by atoms with van der Waals surface area (Å²) in [5.41, 5.74) is 4.01. The summed E-state index contributed by atoms with van der Waals surface area (Å²) in [4.78, 5) is 12.3. The van der Waals surface area contributed by atoms with E-state index in [1.165, 1.54) is 0 Å². The maximum Gasteiger partial charge on any atom is 0.228 e. The number of thiocarbonyl (C=S) groups is 1. The van der Waals surface area contributed by atoms with Crippen LogP contribution in [-0.2, 0) is 11.2 Å². The first-order chi connectivity index (χ1) is 13.1. The number of halogens is 3. The van der Waals surface area contributed by atoms with E-state index >= 15 is 0 Å². The second kappa shape index (κ2) is 10.3. The molecule has 0 fully saturated rings. The zero-order chi connectivity index (χ0) is 20.7. The highest BCUT2D eigenvalue weighted by Gasteiger charge is 2.34. The lowest BCUT2D eigenvalue weighted by Crippen LogP contribution is -2.56. The van der Waals surface area contributed by atoms with Crippen LogP contribution in [-0.4, -0.2) is 21.0 Å². The fourth-order valence-corrected chi connectivity index (χ4v) is 3.05. The molecule has 0 aliphatic carbocycles. The summed E-state index contributed by atoms with van der Waals surface area (Å²) < 4.78 is -1.78. The second-order valence-electron chi connectivity index (χ2n) is 6.44. The van der Waals surface area contributed by atoms with E-state index in [9.17, 15) is 4.79 Å². The summed E-state index contributed by atoms with van der Waals surface area (Å²) in [5, 5.41) is 8.89.